The third-order valence-corrected chi connectivity index (χ3v) is 6.29. The summed E-state index contributed by atoms with van der Waals surface area (Å²) in [4.78, 5) is 14.7. The average Bonchev–Trinajstić information content (AvgIpc) is 3.13. The molecule has 31 heavy (non-hydrogen) atoms. The van der Waals surface area contributed by atoms with Crippen LogP contribution in [0.3, 0.4) is 0 Å². The largest absolute Gasteiger partial charge is 0.448 e. The number of nitrogens with zero attached hydrogens (tertiary/aromatic N) is 1. The number of rotatable bonds is 4. The molecular weight excluding hydrogens is 388 g/mol. The summed E-state index contributed by atoms with van der Waals surface area (Å²) in [5.41, 5.74) is 6.64. The van der Waals surface area contributed by atoms with Gasteiger partial charge in [0, 0.05) is 30.4 Å². The van der Waals surface area contributed by atoms with Crippen molar-refractivity contribution in [2.75, 3.05) is 29.9 Å². The van der Waals surface area contributed by atoms with E-state index in [0.717, 1.165) is 31.6 Å². The van der Waals surface area contributed by atoms with E-state index in [-0.39, 0.29) is 12.0 Å². The lowest BCUT2D eigenvalue weighted by Gasteiger charge is -2.31. The van der Waals surface area contributed by atoms with Crippen molar-refractivity contribution in [1.82, 2.24) is 0 Å². The summed E-state index contributed by atoms with van der Waals surface area (Å²) in [5, 5.41) is 12.5. The maximum atomic E-state index is 12.4. The first-order valence-electron chi connectivity index (χ1n) is 10.8. The second-order valence-corrected chi connectivity index (χ2v) is 8.22. The van der Waals surface area contributed by atoms with Crippen LogP contribution in [0.4, 0.5) is 16.2 Å². The number of carbonyl (C=O) groups is 1. The highest BCUT2D eigenvalue weighted by Crippen LogP contribution is 2.44. The van der Waals surface area contributed by atoms with E-state index >= 15 is 0 Å². The predicted octanol–water partition coefficient (Wildman–Crippen LogP) is 5.01. The van der Waals surface area contributed by atoms with Crippen molar-refractivity contribution in [2.24, 2.45) is 0 Å². The molecule has 3 aromatic carbocycles. The van der Waals surface area contributed by atoms with E-state index in [0.29, 0.717) is 12.3 Å². The normalized spacial score (nSPS) is 16.0. The van der Waals surface area contributed by atoms with Crippen molar-refractivity contribution >= 4 is 17.5 Å². The lowest BCUT2D eigenvalue weighted by molar-refractivity contribution is 0.145. The molecule has 1 aliphatic carbocycles. The molecule has 1 saturated heterocycles. The van der Waals surface area contributed by atoms with Crippen LogP contribution in [0.5, 0.6) is 0 Å². The summed E-state index contributed by atoms with van der Waals surface area (Å²) in [6.45, 7) is 1.99. The number of fused-ring (bicyclic) bond motifs is 3. The number of piperidine rings is 1. The quantitative estimate of drug-likeness (QED) is 0.630. The van der Waals surface area contributed by atoms with Crippen LogP contribution in [-0.2, 0) is 4.74 Å². The van der Waals surface area contributed by atoms with Crippen molar-refractivity contribution in [1.29, 1.82) is 0 Å². The molecular formula is C26H26N2O3. The van der Waals surface area contributed by atoms with Crippen LogP contribution in [0.1, 0.15) is 29.9 Å². The summed E-state index contributed by atoms with van der Waals surface area (Å²) in [7, 11) is 0. The van der Waals surface area contributed by atoms with E-state index in [1.165, 1.54) is 22.3 Å². The van der Waals surface area contributed by atoms with Gasteiger partial charge < -0.3 is 14.7 Å². The summed E-state index contributed by atoms with van der Waals surface area (Å²) in [6.07, 6.45) is 0.945. The second kappa shape index (κ2) is 8.44. The van der Waals surface area contributed by atoms with Gasteiger partial charge in [0.25, 0.3) is 0 Å². The molecule has 158 valence electrons. The van der Waals surface area contributed by atoms with E-state index in [4.69, 9.17) is 4.74 Å². The smallest absolute Gasteiger partial charge is 0.411 e. The molecule has 5 rings (SSSR count). The second-order valence-electron chi connectivity index (χ2n) is 8.22. The van der Waals surface area contributed by atoms with Crippen LogP contribution in [-0.4, -0.2) is 37.0 Å². The summed E-state index contributed by atoms with van der Waals surface area (Å²) in [5.74, 6) is 0.0509. The first kappa shape index (κ1) is 19.6. The van der Waals surface area contributed by atoms with Crippen molar-refractivity contribution in [2.45, 2.75) is 24.9 Å². The Bertz CT molecular complexity index is 1030. The minimum Gasteiger partial charge on any atom is -0.448 e. The van der Waals surface area contributed by atoms with E-state index in [1.807, 2.05) is 48.5 Å². The molecule has 0 bridgehead atoms. The van der Waals surface area contributed by atoms with Crippen LogP contribution in [0.2, 0.25) is 0 Å². The van der Waals surface area contributed by atoms with Gasteiger partial charge in [0.15, 0.2) is 0 Å². The Balaban J connectivity index is 1.21. The molecule has 3 aromatic rings. The first-order chi connectivity index (χ1) is 15.2. The Kier molecular flexibility index (Phi) is 5.35. The third kappa shape index (κ3) is 4.01. The fraction of sp³-hybridized carbons (Fsp3) is 0.269. The van der Waals surface area contributed by atoms with E-state index < -0.39 is 6.09 Å². The standard InChI is InChI=1S/C26H26N2O3/c29-20-13-15-28(16-14-20)19-11-9-18(10-12-19)27-26(30)31-17-25-23-7-3-1-5-21(23)22-6-2-4-8-24(22)25/h1-12,20,25,29H,13-17H2,(H,27,30). The number of hydrogen-bond donors (Lipinski definition) is 2. The highest BCUT2D eigenvalue weighted by atomic mass is 16.5. The molecule has 1 heterocycles. The third-order valence-electron chi connectivity index (χ3n) is 6.29. The average molecular weight is 415 g/mol. The molecule has 0 unspecified atom stereocenters. The molecule has 1 aliphatic heterocycles. The Labute approximate surface area is 182 Å². The molecule has 5 heteroatoms. The predicted molar refractivity (Wildman–Crippen MR) is 123 cm³/mol. The zero-order valence-electron chi connectivity index (χ0n) is 17.3. The fourth-order valence-corrected chi connectivity index (χ4v) is 4.63. The molecule has 1 amide bonds. The molecule has 5 nitrogen and oxygen atoms in total. The van der Waals surface area contributed by atoms with E-state index in [2.05, 4.69) is 34.5 Å². The summed E-state index contributed by atoms with van der Waals surface area (Å²) >= 11 is 0. The van der Waals surface area contributed by atoms with Crippen molar-refractivity contribution in [3.63, 3.8) is 0 Å². The Morgan fingerprint density at radius 2 is 1.48 bits per heavy atom. The van der Waals surface area contributed by atoms with Gasteiger partial charge in [-0.1, -0.05) is 48.5 Å². The molecule has 0 spiro atoms. The van der Waals surface area contributed by atoms with E-state index in [9.17, 15) is 9.90 Å². The summed E-state index contributed by atoms with van der Waals surface area (Å²) < 4.78 is 5.61. The number of ether oxygens (including phenoxy) is 1. The van der Waals surface area contributed by atoms with Crippen molar-refractivity contribution < 1.29 is 14.6 Å². The number of benzene rings is 3. The summed E-state index contributed by atoms with van der Waals surface area (Å²) in [6, 6.07) is 24.4. The Hall–Kier alpha value is -3.31. The topological polar surface area (TPSA) is 61.8 Å². The highest BCUT2D eigenvalue weighted by molar-refractivity contribution is 5.85. The van der Waals surface area contributed by atoms with Crippen LogP contribution >= 0.6 is 0 Å². The zero-order valence-corrected chi connectivity index (χ0v) is 17.3. The van der Waals surface area contributed by atoms with Gasteiger partial charge in [-0.3, -0.25) is 5.32 Å². The van der Waals surface area contributed by atoms with Gasteiger partial charge in [0.2, 0.25) is 0 Å². The molecule has 1 fully saturated rings. The number of amides is 1. The minimum atomic E-state index is -0.448. The van der Waals surface area contributed by atoms with Gasteiger partial charge in [-0.05, 0) is 59.4 Å². The lowest BCUT2D eigenvalue weighted by Crippen LogP contribution is -2.35. The number of nitrogens with one attached hydrogen (secondary N) is 1. The molecule has 0 radical (unpaired) electrons. The number of anilines is 2. The van der Waals surface area contributed by atoms with Crippen LogP contribution in [0, 0.1) is 0 Å². The zero-order chi connectivity index (χ0) is 21.2. The molecule has 0 atom stereocenters. The monoisotopic (exact) mass is 414 g/mol. The molecule has 0 saturated carbocycles. The molecule has 0 aromatic heterocycles. The van der Waals surface area contributed by atoms with Gasteiger partial charge in [-0.2, -0.15) is 0 Å². The van der Waals surface area contributed by atoms with Gasteiger partial charge in [-0.15, -0.1) is 0 Å². The fourth-order valence-electron chi connectivity index (χ4n) is 4.63. The number of aliphatic hydroxyl groups is 1. The van der Waals surface area contributed by atoms with Gasteiger partial charge in [0.05, 0.1) is 6.10 Å². The van der Waals surface area contributed by atoms with E-state index in [1.54, 1.807) is 0 Å². The van der Waals surface area contributed by atoms with Gasteiger partial charge in [0.1, 0.15) is 6.61 Å². The van der Waals surface area contributed by atoms with Gasteiger partial charge in [-0.25, -0.2) is 4.79 Å². The minimum absolute atomic E-state index is 0.0509. The van der Waals surface area contributed by atoms with Gasteiger partial charge >= 0.3 is 6.09 Å². The maximum absolute atomic E-state index is 12.4. The maximum Gasteiger partial charge on any atom is 0.411 e. The lowest BCUT2D eigenvalue weighted by atomic mass is 9.98. The molecule has 2 aliphatic rings. The van der Waals surface area contributed by atoms with Crippen LogP contribution in [0.25, 0.3) is 11.1 Å². The Morgan fingerprint density at radius 1 is 0.903 bits per heavy atom. The van der Waals surface area contributed by atoms with Crippen molar-refractivity contribution in [3.05, 3.63) is 83.9 Å². The number of aliphatic hydroxyl groups excluding tert-OH is 1. The van der Waals surface area contributed by atoms with Crippen molar-refractivity contribution in [3.8, 4) is 11.1 Å². The number of carbonyl (C=O) groups excluding carboxylic acids is 1. The number of hydrogen-bond acceptors (Lipinski definition) is 4. The SMILES string of the molecule is O=C(Nc1ccc(N2CCC(O)CC2)cc1)OCC1c2ccccc2-c2ccccc21. The molecule has 2 N–H and O–H groups in total. The van der Waals surface area contributed by atoms with Crippen LogP contribution < -0.4 is 10.2 Å². The Morgan fingerprint density at radius 3 is 2.10 bits per heavy atom. The highest BCUT2D eigenvalue weighted by Gasteiger charge is 2.29. The van der Waals surface area contributed by atoms with Crippen LogP contribution in [0.15, 0.2) is 72.8 Å². The first-order valence-corrected chi connectivity index (χ1v) is 10.8.